The van der Waals surface area contributed by atoms with Crippen molar-refractivity contribution in [2.75, 3.05) is 0 Å². The van der Waals surface area contributed by atoms with Crippen molar-refractivity contribution in [1.29, 1.82) is 0 Å². The van der Waals surface area contributed by atoms with Crippen molar-refractivity contribution in [2.45, 2.75) is 19.9 Å². The summed E-state index contributed by atoms with van der Waals surface area (Å²) >= 11 is 7.50. The van der Waals surface area contributed by atoms with E-state index >= 15 is 0 Å². The zero-order valence-electron chi connectivity index (χ0n) is 11.3. The van der Waals surface area contributed by atoms with Gasteiger partial charge < -0.3 is 9.67 Å². The molecule has 0 unspecified atom stereocenters. The first-order valence-corrected chi connectivity index (χ1v) is 7.69. The van der Waals surface area contributed by atoms with Gasteiger partial charge in [-0.1, -0.05) is 17.7 Å². The normalized spacial score (nSPS) is 11.1. The van der Waals surface area contributed by atoms with E-state index in [4.69, 9.17) is 11.6 Å². The van der Waals surface area contributed by atoms with E-state index in [-0.39, 0.29) is 5.56 Å². The van der Waals surface area contributed by atoms with Gasteiger partial charge >= 0.3 is 5.97 Å². The third-order valence-corrected chi connectivity index (χ3v) is 4.70. The van der Waals surface area contributed by atoms with Crippen LogP contribution in [-0.2, 0) is 13.0 Å². The highest BCUT2D eigenvalue weighted by Crippen LogP contribution is 2.24. The number of hydrogen-bond acceptors (Lipinski definition) is 3. The largest absolute Gasteiger partial charge is 0.478 e. The van der Waals surface area contributed by atoms with E-state index < -0.39 is 5.97 Å². The molecule has 1 N–H and O–H groups in total. The number of carbonyl (C=O) groups is 1. The highest BCUT2D eigenvalue weighted by atomic mass is 35.5. The summed E-state index contributed by atoms with van der Waals surface area (Å²) in [7, 11) is 0. The van der Waals surface area contributed by atoms with Gasteiger partial charge in [0.2, 0.25) is 0 Å². The first kappa shape index (κ1) is 14.1. The van der Waals surface area contributed by atoms with E-state index in [0.717, 1.165) is 28.6 Å². The van der Waals surface area contributed by atoms with Crippen LogP contribution in [0.1, 0.15) is 21.1 Å². The number of rotatable bonds is 4. The van der Waals surface area contributed by atoms with Crippen LogP contribution in [0.15, 0.2) is 30.3 Å². The standard InChI is InChI=1S/C15H13ClN2O2S/c1-9-17-14-11(15(19)20)3-2-4-12(14)18(9)8-7-10-5-6-13(16)21-10/h2-6H,7-8H2,1H3,(H,19,20). The van der Waals surface area contributed by atoms with Gasteiger partial charge in [0.25, 0.3) is 0 Å². The van der Waals surface area contributed by atoms with Crippen LogP contribution in [0.2, 0.25) is 4.34 Å². The molecule has 21 heavy (non-hydrogen) atoms. The number of hydrogen-bond donors (Lipinski definition) is 1. The van der Waals surface area contributed by atoms with E-state index in [1.165, 1.54) is 4.88 Å². The molecule has 1 aromatic carbocycles. The predicted molar refractivity (Wildman–Crippen MR) is 84.5 cm³/mol. The Hall–Kier alpha value is -1.85. The number of carboxylic acids is 1. The molecule has 3 aromatic rings. The van der Waals surface area contributed by atoms with Crippen molar-refractivity contribution >= 4 is 39.9 Å². The van der Waals surface area contributed by atoms with Gasteiger partial charge in [0.1, 0.15) is 11.3 Å². The SMILES string of the molecule is Cc1nc2c(C(=O)O)cccc2n1CCc1ccc(Cl)s1. The summed E-state index contributed by atoms with van der Waals surface area (Å²) in [6.07, 6.45) is 0.848. The molecule has 0 aliphatic heterocycles. The van der Waals surface area contributed by atoms with E-state index in [2.05, 4.69) is 9.55 Å². The van der Waals surface area contributed by atoms with Crippen LogP contribution >= 0.6 is 22.9 Å². The smallest absolute Gasteiger partial charge is 0.337 e. The molecule has 0 fully saturated rings. The first-order valence-electron chi connectivity index (χ1n) is 6.49. The van der Waals surface area contributed by atoms with Crippen molar-refractivity contribution in [3.8, 4) is 0 Å². The molecule has 3 rings (SSSR count). The van der Waals surface area contributed by atoms with Gasteiger partial charge in [-0.2, -0.15) is 0 Å². The van der Waals surface area contributed by atoms with Gasteiger partial charge in [0, 0.05) is 11.4 Å². The van der Waals surface area contributed by atoms with Crippen LogP contribution in [0, 0.1) is 6.92 Å². The molecule has 2 heterocycles. The molecule has 0 radical (unpaired) electrons. The fourth-order valence-corrected chi connectivity index (χ4v) is 3.50. The molecular formula is C15H13ClN2O2S. The zero-order chi connectivity index (χ0) is 15.0. The highest BCUT2D eigenvalue weighted by molar-refractivity contribution is 7.16. The van der Waals surface area contributed by atoms with Crippen molar-refractivity contribution in [3.63, 3.8) is 0 Å². The van der Waals surface area contributed by atoms with Crippen LogP contribution in [0.3, 0.4) is 0 Å². The number of aromatic nitrogens is 2. The number of carboxylic acid groups (broad SMARTS) is 1. The molecule has 4 nitrogen and oxygen atoms in total. The van der Waals surface area contributed by atoms with Crippen molar-refractivity contribution in [1.82, 2.24) is 9.55 Å². The molecule has 6 heteroatoms. The molecule has 108 valence electrons. The Morgan fingerprint density at radius 2 is 2.19 bits per heavy atom. The molecule has 0 aliphatic rings. The van der Waals surface area contributed by atoms with Crippen molar-refractivity contribution in [3.05, 3.63) is 50.9 Å². The third-order valence-electron chi connectivity index (χ3n) is 3.41. The predicted octanol–water partition coefficient (Wildman–Crippen LogP) is 4.00. The monoisotopic (exact) mass is 320 g/mol. The lowest BCUT2D eigenvalue weighted by molar-refractivity contribution is 0.0699. The third kappa shape index (κ3) is 2.66. The summed E-state index contributed by atoms with van der Waals surface area (Å²) in [5, 5.41) is 9.23. The second-order valence-electron chi connectivity index (χ2n) is 4.74. The van der Waals surface area contributed by atoms with Gasteiger partial charge in [-0.25, -0.2) is 9.78 Å². The maximum atomic E-state index is 11.3. The number of aromatic carboxylic acids is 1. The number of para-hydroxylation sites is 1. The van der Waals surface area contributed by atoms with Crippen molar-refractivity contribution < 1.29 is 9.90 Å². The lowest BCUT2D eigenvalue weighted by atomic mass is 10.2. The van der Waals surface area contributed by atoms with Gasteiger partial charge in [0.15, 0.2) is 0 Å². The molecule has 2 aromatic heterocycles. The maximum Gasteiger partial charge on any atom is 0.337 e. The topological polar surface area (TPSA) is 55.1 Å². The lowest BCUT2D eigenvalue weighted by Crippen LogP contribution is -2.03. The Morgan fingerprint density at radius 3 is 2.86 bits per heavy atom. The molecule has 0 spiro atoms. The Morgan fingerprint density at radius 1 is 1.38 bits per heavy atom. The van der Waals surface area contributed by atoms with Crippen LogP contribution in [0.4, 0.5) is 0 Å². The van der Waals surface area contributed by atoms with Gasteiger partial charge in [-0.3, -0.25) is 0 Å². The number of aryl methyl sites for hydroxylation is 3. The fourth-order valence-electron chi connectivity index (χ4n) is 2.43. The Kier molecular flexibility index (Phi) is 3.69. The van der Waals surface area contributed by atoms with Gasteiger partial charge in [-0.15, -0.1) is 11.3 Å². The molecule has 0 saturated carbocycles. The number of halogens is 1. The molecule has 0 bridgehead atoms. The summed E-state index contributed by atoms with van der Waals surface area (Å²) < 4.78 is 2.83. The highest BCUT2D eigenvalue weighted by Gasteiger charge is 2.14. The fraction of sp³-hybridized carbons (Fsp3) is 0.200. The average molecular weight is 321 g/mol. The zero-order valence-corrected chi connectivity index (χ0v) is 12.9. The van der Waals surface area contributed by atoms with E-state index in [0.29, 0.717) is 5.52 Å². The van der Waals surface area contributed by atoms with Crippen LogP contribution in [0.5, 0.6) is 0 Å². The number of imidazole rings is 1. The van der Waals surface area contributed by atoms with E-state index in [9.17, 15) is 9.90 Å². The maximum absolute atomic E-state index is 11.3. The number of benzene rings is 1. The van der Waals surface area contributed by atoms with Crippen molar-refractivity contribution in [2.24, 2.45) is 0 Å². The minimum absolute atomic E-state index is 0.244. The quantitative estimate of drug-likeness (QED) is 0.790. The number of nitrogens with zero attached hydrogens (tertiary/aromatic N) is 2. The van der Waals surface area contributed by atoms with E-state index in [1.54, 1.807) is 23.5 Å². The molecule has 0 aliphatic carbocycles. The van der Waals surface area contributed by atoms with Crippen LogP contribution < -0.4 is 0 Å². The number of fused-ring (bicyclic) bond motifs is 1. The summed E-state index contributed by atoms with van der Waals surface area (Å²) in [4.78, 5) is 16.9. The summed E-state index contributed by atoms with van der Waals surface area (Å²) in [6.45, 7) is 2.65. The van der Waals surface area contributed by atoms with Crippen LogP contribution in [-0.4, -0.2) is 20.6 Å². The van der Waals surface area contributed by atoms with Gasteiger partial charge in [0.05, 0.1) is 15.4 Å². The molecule has 0 atom stereocenters. The minimum Gasteiger partial charge on any atom is -0.478 e. The summed E-state index contributed by atoms with van der Waals surface area (Å²) in [5.74, 6) is -0.128. The summed E-state index contributed by atoms with van der Waals surface area (Å²) in [6, 6.07) is 9.15. The van der Waals surface area contributed by atoms with Gasteiger partial charge in [-0.05, 0) is 37.6 Å². The molecule has 0 amide bonds. The Labute approximate surface area is 130 Å². The first-order chi connectivity index (χ1) is 10.1. The Balaban J connectivity index is 1.97. The average Bonchev–Trinajstić information content (AvgIpc) is 2.98. The number of thiophene rings is 1. The van der Waals surface area contributed by atoms with E-state index in [1.807, 2.05) is 25.1 Å². The molecular weight excluding hydrogens is 308 g/mol. The second kappa shape index (κ2) is 5.50. The minimum atomic E-state index is -0.949. The Bertz CT molecular complexity index is 822. The van der Waals surface area contributed by atoms with Crippen LogP contribution in [0.25, 0.3) is 11.0 Å². The lowest BCUT2D eigenvalue weighted by Gasteiger charge is -2.06. The summed E-state index contributed by atoms with van der Waals surface area (Å²) in [5.41, 5.74) is 1.65. The molecule has 0 saturated heterocycles. The second-order valence-corrected chi connectivity index (χ2v) is 6.54.